The van der Waals surface area contributed by atoms with Crippen molar-refractivity contribution in [2.24, 2.45) is 5.16 Å². The fourth-order valence-corrected chi connectivity index (χ4v) is 1.85. The molecule has 0 spiro atoms. The molecular formula is C15H15N3O4S. The van der Waals surface area contributed by atoms with Gasteiger partial charge < -0.3 is 14.7 Å². The summed E-state index contributed by atoms with van der Waals surface area (Å²) in [6.07, 6.45) is -3.11. The maximum absolute atomic E-state index is 12.9. The molecule has 2 aromatic rings. The minimum Gasteiger partial charge on any atom is -0.468 e. The lowest BCUT2D eigenvalue weighted by Crippen LogP contribution is -2.18. The van der Waals surface area contributed by atoms with Crippen molar-refractivity contribution in [3.63, 3.8) is 0 Å². The molecule has 0 atom stereocenters. The summed E-state index contributed by atoms with van der Waals surface area (Å²) in [7, 11) is 1.43. The summed E-state index contributed by atoms with van der Waals surface area (Å²) in [5.41, 5.74) is -0.918. The van der Waals surface area contributed by atoms with Crippen molar-refractivity contribution >= 4 is 23.3 Å². The molecule has 0 aliphatic rings. The van der Waals surface area contributed by atoms with Gasteiger partial charge in [0.1, 0.15) is 11.4 Å². The average molecular weight is 339 g/mol. The van der Waals surface area contributed by atoms with Crippen LogP contribution in [0.15, 0.2) is 46.8 Å². The Morgan fingerprint density at radius 3 is 3.30 bits per heavy atom. The molecule has 23 heavy (non-hydrogen) atoms. The first-order valence-corrected chi connectivity index (χ1v) is 6.99. The molecule has 0 saturated carbocycles. The van der Waals surface area contributed by atoms with Gasteiger partial charge in [0.15, 0.2) is 17.7 Å². The highest BCUT2D eigenvalue weighted by atomic mass is 32.2. The number of carbonyl (C=O) groups is 1. The molecule has 0 aliphatic heterocycles. The van der Waals surface area contributed by atoms with Crippen molar-refractivity contribution in [2.75, 3.05) is 20.1 Å². The lowest BCUT2D eigenvalue weighted by Gasteiger charge is -2.07. The van der Waals surface area contributed by atoms with Gasteiger partial charge in [0.05, 0.1) is 2.74 Å². The van der Waals surface area contributed by atoms with Crippen LogP contribution < -0.4 is 4.74 Å². The second-order valence-electron chi connectivity index (χ2n) is 4.04. The highest BCUT2D eigenvalue weighted by Gasteiger charge is 2.19. The molecule has 1 N–H and O–H groups in total. The van der Waals surface area contributed by atoms with Crippen LogP contribution >= 0.6 is 11.8 Å². The number of oxime groups is 1. The summed E-state index contributed by atoms with van der Waals surface area (Å²) < 4.78 is 54.5. The first-order valence-electron chi connectivity index (χ1n) is 9.08. The molecule has 1 aromatic carbocycles. The molecule has 0 amide bonds. The van der Waals surface area contributed by atoms with Crippen molar-refractivity contribution < 1.29 is 27.8 Å². The Kier molecular flexibility index (Phi) is 3.71. The van der Waals surface area contributed by atoms with E-state index in [9.17, 15) is 4.79 Å². The predicted octanol–water partition coefficient (Wildman–Crippen LogP) is 2.24. The first kappa shape index (κ1) is 10.3. The van der Waals surface area contributed by atoms with Crippen LogP contribution in [-0.4, -0.2) is 46.8 Å². The van der Waals surface area contributed by atoms with E-state index in [0.717, 1.165) is 0 Å². The number of hydrogen-bond acceptors (Lipinski definition) is 8. The van der Waals surface area contributed by atoms with E-state index < -0.39 is 35.6 Å². The van der Waals surface area contributed by atoms with Crippen LogP contribution in [0.3, 0.4) is 0 Å². The van der Waals surface area contributed by atoms with Crippen molar-refractivity contribution in [2.45, 2.75) is 5.16 Å². The summed E-state index contributed by atoms with van der Waals surface area (Å²) in [4.78, 5) is 20.4. The number of carbonyl (C=O) groups excluding carboxylic acids is 1. The number of ketones is 1. The Morgan fingerprint density at radius 2 is 2.52 bits per heavy atom. The topological polar surface area (TPSA) is 93.9 Å². The van der Waals surface area contributed by atoms with Gasteiger partial charge in [-0.3, -0.25) is 4.79 Å². The second kappa shape index (κ2) is 8.25. The number of Topliss-reactive ketones (excluding diaryl/α,β-unsaturated/α-hetero) is 1. The molecule has 0 aliphatic carbocycles. The predicted molar refractivity (Wildman–Crippen MR) is 85.4 cm³/mol. The van der Waals surface area contributed by atoms with E-state index in [1.807, 2.05) is 0 Å². The maximum Gasteiger partial charge on any atom is 0.330 e. The van der Waals surface area contributed by atoms with Gasteiger partial charge in [-0.05, 0) is 24.4 Å². The number of rotatable bonds is 8. The van der Waals surface area contributed by atoms with Crippen LogP contribution in [0.5, 0.6) is 5.75 Å². The Hall–Kier alpha value is -2.45. The molecule has 0 radical (unpaired) electrons. The third kappa shape index (κ3) is 4.27. The molecule has 0 unspecified atom stereocenters. The number of ether oxygens (including phenoxy) is 2. The molecule has 1 heterocycles. The molecule has 0 saturated heterocycles. The minimum atomic E-state index is -2.51. The second-order valence-corrected chi connectivity index (χ2v) is 4.61. The van der Waals surface area contributed by atoms with E-state index in [0.29, 0.717) is 5.75 Å². The average Bonchev–Trinajstić information content (AvgIpc) is 2.66. The SMILES string of the molecule is [2H]ON=C(C(=O)c1cccc(OCOC)c1)c1nc(SC([2H])([2H])[2H])nc([2H])c1[2H]. The van der Waals surface area contributed by atoms with Gasteiger partial charge in [0.2, 0.25) is 5.78 Å². The summed E-state index contributed by atoms with van der Waals surface area (Å²) in [5.74, 6) is -0.464. The van der Waals surface area contributed by atoms with E-state index in [2.05, 4.69) is 20.3 Å². The third-order valence-corrected chi connectivity index (χ3v) is 2.96. The molecule has 7 nitrogen and oxygen atoms in total. The van der Waals surface area contributed by atoms with E-state index in [-0.39, 0.29) is 29.3 Å². The first-order chi connectivity index (χ1) is 13.7. The molecule has 2 rings (SSSR count). The smallest absolute Gasteiger partial charge is 0.330 e. The third-order valence-electron chi connectivity index (χ3n) is 2.59. The van der Waals surface area contributed by atoms with E-state index in [1.165, 1.54) is 25.3 Å². The zero-order valence-corrected chi connectivity index (χ0v) is 12.7. The summed E-state index contributed by atoms with van der Waals surface area (Å²) in [5, 5.41) is 6.96. The number of thioether (sulfide) groups is 1. The monoisotopic (exact) mass is 339 g/mol. The Morgan fingerprint density at radius 1 is 1.61 bits per heavy atom. The molecule has 120 valence electrons. The quantitative estimate of drug-likeness (QED) is 0.150. The van der Waals surface area contributed by atoms with Gasteiger partial charge >= 0.3 is 1.43 Å². The largest absolute Gasteiger partial charge is 0.468 e. The zero-order valence-electron chi connectivity index (χ0n) is 17.9. The maximum atomic E-state index is 12.9. The lowest BCUT2D eigenvalue weighted by molar-refractivity contribution is 0.0510. The van der Waals surface area contributed by atoms with E-state index in [1.54, 1.807) is 6.07 Å². The minimum absolute atomic E-state index is 0.0465. The Bertz CT molecular complexity index is 925. The van der Waals surface area contributed by atoms with Gasteiger partial charge in [-0.1, -0.05) is 29.1 Å². The number of aromatic nitrogens is 2. The van der Waals surface area contributed by atoms with Crippen LogP contribution in [0.1, 0.15) is 22.9 Å². The number of methoxy groups -OCH3 is 1. The van der Waals surface area contributed by atoms with Gasteiger partial charge in [-0.15, -0.1) is 0 Å². The molecule has 1 aromatic heterocycles. The summed E-state index contributed by atoms with van der Waals surface area (Å²) in [6.45, 7) is -0.0465. The van der Waals surface area contributed by atoms with Crippen LogP contribution in [0.25, 0.3) is 0 Å². The van der Waals surface area contributed by atoms with Crippen molar-refractivity contribution in [1.82, 2.24) is 9.97 Å². The fourth-order valence-electron chi connectivity index (χ4n) is 1.62. The Balaban J connectivity index is 2.49. The summed E-state index contributed by atoms with van der Waals surface area (Å²) in [6, 6.07) is 5.36. The molecule has 8 heteroatoms. The van der Waals surface area contributed by atoms with Crippen molar-refractivity contribution in [3.8, 4) is 5.75 Å². The lowest BCUT2D eigenvalue weighted by atomic mass is 10.0. The Labute approximate surface area is 145 Å². The van der Waals surface area contributed by atoms with Crippen LogP contribution in [0.4, 0.5) is 0 Å². The normalized spacial score (nSPS) is 15.4. The van der Waals surface area contributed by atoms with Crippen LogP contribution in [0, 0.1) is 0 Å². The van der Waals surface area contributed by atoms with Crippen LogP contribution in [-0.2, 0) is 4.74 Å². The molecule has 0 bridgehead atoms. The fraction of sp³-hybridized carbons (Fsp3) is 0.200. The summed E-state index contributed by atoms with van der Waals surface area (Å²) >= 11 is 0.279. The zero-order chi connectivity index (χ0) is 21.6. The van der Waals surface area contributed by atoms with Gasteiger partial charge in [0.25, 0.3) is 0 Å². The van der Waals surface area contributed by atoms with Gasteiger partial charge in [-0.25, -0.2) is 9.97 Å². The number of benzene rings is 1. The van der Waals surface area contributed by atoms with E-state index >= 15 is 0 Å². The molecule has 0 fully saturated rings. The van der Waals surface area contributed by atoms with Gasteiger partial charge in [0, 0.05) is 23.0 Å². The molecular weight excluding hydrogens is 318 g/mol. The van der Waals surface area contributed by atoms with Gasteiger partial charge in [-0.2, -0.15) is 0 Å². The van der Waals surface area contributed by atoms with Crippen molar-refractivity contribution in [3.05, 3.63) is 47.7 Å². The number of nitrogens with zero attached hydrogens (tertiary/aromatic N) is 3. The number of hydrogen-bond donors (Lipinski definition) is 1. The highest BCUT2D eigenvalue weighted by Crippen LogP contribution is 2.16. The van der Waals surface area contributed by atoms with Crippen molar-refractivity contribution in [1.29, 1.82) is 0 Å². The van der Waals surface area contributed by atoms with Crippen LogP contribution in [0.2, 0.25) is 1.43 Å². The highest BCUT2D eigenvalue weighted by molar-refractivity contribution is 7.98. The standard InChI is InChI=1S/C15H15N3O4S/c1-21-9-22-11-5-3-4-10(8-11)14(19)13(18-20)12-6-7-16-15(17-12)23-2/h3-8,20H,9H2,1-2H3/i2D3,6D,7D/hD. The van der Waals surface area contributed by atoms with E-state index in [4.69, 9.17) is 17.8 Å².